The Morgan fingerprint density at radius 2 is 1.37 bits per heavy atom. The first-order valence-corrected chi connectivity index (χ1v) is 8.96. The third-order valence-electron chi connectivity index (χ3n) is 4.66. The second-order valence-electron chi connectivity index (χ2n) is 6.45. The topological polar surface area (TPSA) is 30.7 Å². The van der Waals surface area contributed by atoms with E-state index < -0.39 is 0 Å². The van der Waals surface area contributed by atoms with Crippen molar-refractivity contribution in [1.29, 1.82) is 0 Å². The molecule has 0 spiro atoms. The monoisotopic (exact) mass is 347 g/mol. The quantitative estimate of drug-likeness (QED) is 0.396. The normalized spacial score (nSPS) is 11.9. The minimum atomic E-state index is 0.892. The summed E-state index contributed by atoms with van der Waals surface area (Å²) in [7, 11) is 0. The summed E-state index contributed by atoms with van der Waals surface area (Å²) in [6, 6.07) is 32.9. The van der Waals surface area contributed by atoms with Crippen LogP contribution in [0.25, 0.3) is 33.6 Å². The van der Waals surface area contributed by atoms with Gasteiger partial charge in [0.05, 0.1) is 5.70 Å². The number of hydrogen-bond donors (Lipinski definition) is 0. The van der Waals surface area contributed by atoms with E-state index in [1.54, 1.807) is 4.80 Å². The number of benzene rings is 4. The molecule has 0 saturated heterocycles. The van der Waals surface area contributed by atoms with Crippen LogP contribution in [0.4, 0.5) is 0 Å². The Kier molecular flexibility index (Phi) is 3.76. The maximum atomic E-state index is 4.85. The van der Waals surface area contributed by atoms with Gasteiger partial charge < -0.3 is 0 Å². The van der Waals surface area contributed by atoms with Gasteiger partial charge in [-0.1, -0.05) is 91.0 Å². The zero-order valence-electron chi connectivity index (χ0n) is 14.7. The van der Waals surface area contributed by atoms with Gasteiger partial charge in [0.2, 0.25) is 0 Å². The Balaban J connectivity index is 1.75. The number of nitrogens with zero attached hydrogens (tertiary/aromatic N) is 3. The van der Waals surface area contributed by atoms with Crippen molar-refractivity contribution in [2.45, 2.75) is 0 Å². The van der Waals surface area contributed by atoms with Crippen LogP contribution in [-0.4, -0.2) is 15.0 Å². The lowest BCUT2D eigenvalue weighted by Crippen LogP contribution is -2.03. The zero-order chi connectivity index (χ0) is 18.1. The molecule has 0 amide bonds. The average molecular weight is 347 g/mol. The predicted molar refractivity (Wildman–Crippen MR) is 111 cm³/mol. The van der Waals surface area contributed by atoms with Crippen molar-refractivity contribution in [3.63, 3.8) is 0 Å². The summed E-state index contributed by atoms with van der Waals surface area (Å²) in [5, 5.41) is 11.9. The molecule has 0 radical (unpaired) electrons. The van der Waals surface area contributed by atoms with Crippen LogP contribution in [0.3, 0.4) is 0 Å². The van der Waals surface area contributed by atoms with Crippen molar-refractivity contribution in [2.75, 3.05) is 0 Å². The first-order chi connectivity index (χ1) is 13.4. The van der Waals surface area contributed by atoms with Crippen LogP contribution in [0, 0.1) is 0 Å². The lowest BCUT2D eigenvalue weighted by atomic mass is 10.1. The van der Waals surface area contributed by atoms with Gasteiger partial charge in [0.25, 0.3) is 0 Å². The molecule has 0 bridgehead atoms. The van der Waals surface area contributed by atoms with Gasteiger partial charge in [-0.25, -0.2) is 0 Å². The van der Waals surface area contributed by atoms with Gasteiger partial charge in [-0.15, -0.1) is 15.0 Å². The van der Waals surface area contributed by atoms with Crippen molar-refractivity contribution < 1.29 is 0 Å². The minimum absolute atomic E-state index is 0.892. The van der Waals surface area contributed by atoms with E-state index in [1.165, 1.54) is 5.39 Å². The molecular weight excluding hydrogens is 330 g/mol. The molecule has 0 fully saturated rings. The molecule has 4 aromatic carbocycles. The van der Waals surface area contributed by atoms with E-state index in [0.717, 1.165) is 33.2 Å². The summed E-state index contributed by atoms with van der Waals surface area (Å²) in [6.07, 6.45) is 2.12. The summed E-state index contributed by atoms with van der Waals surface area (Å²) in [4.78, 5) is 1.75. The molecule has 3 heteroatoms. The van der Waals surface area contributed by atoms with E-state index in [4.69, 9.17) is 10.2 Å². The van der Waals surface area contributed by atoms with Crippen LogP contribution in [0.15, 0.2) is 97.1 Å². The molecule has 5 aromatic rings. The summed E-state index contributed by atoms with van der Waals surface area (Å²) in [6.45, 7) is 0. The second-order valence-corrected chi connectivity index (χ2v) is 6.45. The highest BCUT2D eigenvalue weighted by Crippen LogP contribution is 2.25. The first kappa shape index (κ1) is 15.5. The Bertz CT molecular complexity index is 1250. The van der Waals surface area contributed by atoms with Gasteiger partial charge in [0.1, 0.15) is 11.0 Å². The molecular formula is C24H17N3. The molecule has 0 aliphatic rings. The van der Waals surface area contributed by atoms with Gasteiger partial charge >= 0.3 is 0 Å². The van der Waals surface area contributed by atoms with Crippen LogP contribution in [0.2, 0.25) is 0 Å². The summed E-state index contributed by atoms with van der Waals surface area (Å²) >= 11 is 0. The SMILES string of the molecule is C(=C(c1ccccc1)n1nc2ccc3ccccc3c2n1)c1ccccc1. The smallest absolute Gasteiger partial charge is 0.121 e. The molecule has 0 saturated carbocycles. The standard InChI is InChI=1S/C24H17N3/c1-3-9-18(10-4-1)17-23(20-12-5-2-6-13-20)27-25-22-16-15-19-11-7-8-14-21(19)24(22)26-27/h1-17H. The van der Waals surface area contributed by atoms with Crippen molar-refractivity contribution in [3.05, 3.63) is 108 Å². The lowest BCUT2D eigenvalue weighted by molar-refractivity contribution is 0.790. The fraction of sp³-hybridized carbons (Fsp3) is 0. The Morgan fingerprint density at radius 3 is 2.19 bits per heavy atom. The molecule has 3 nitrogen and oxygen atoms in total. The molecule has 128 valence electrons. The fourth-order valence-electron chi connectivity index (χ4n) is 3.33. The van der Waals surface area contributed by atoms with E-state index in [9.17, 15) is 0 Å². The Morgan fingerprint density at radius 1 is 0.667 bits per heavy atom. The van der Waals surface area contributed by atoms with Crippen LogP contribution in [0.5, 0.6) is 0 Å². The van der Waals surface area contributed by atoms with E-state index in [-0.39, 0.29) is 0 Å². The molecule has 1 heterocycles. The number of rotatable bonds is 3. The Labute approximate surface area is 157 Å². The third kappa shape index (κ3) is 2.89. The van der Waals surface area contributed by atoms with Gasteiger partial charge in [0.15, 0.2) is 0 Å². The third-order valence-corrected chi connectivity index (χ3v) is 4.66. The van der Waals surface area contributed by atoms with Crippen LogP contribution < -0.4 is 0 Å². The van der Waals surface area contributed by atoms with Crippen molar-refractivity contribution in [3.8, 4) is 0 Å². The molecule has 0 atom stereocenters. The first-order valence-electron chi connectivity index (χ1n) is 8.96. The molecule has 1 aromatic heterocycles. The van der Waals surface area contributed by atoms with Crippen molar-refractivity contribution in [1.82, 2.24) is 15.0 Å². The highest BCUT2D eigenvalue weighted by Gasteiger charge is 2.11. The summed E-state index contributed by atoms with van der Waals surface area (Å²) in [5.41, 5.74) is 4.95. The molecule has 0 aliphatic carbocycles. The van der Waals surface area contributed by atoms with Crippen LogP contribution in [-0.2, 0) is 0 Å². The van der Waals surface area contributed by atoms with Crippen LogP contribution in [0.1, 0.15) is 11.1 Å². The molecule has 0 aliphatic heterocycles. The molecule has 27 heavy (non-hydrogen) atoms. The maximum Gasteiger partial charge on any atom is 0.121 e. The van der Waals surface area contributed by atoms with Gasteiger partial charge in [0, 0.05) is 10.9 Å². The number of fused-ring (bicyclic) bond motifs is 3. The molecule has 5 rings (SSSR count). The largest absolute Gasteiger partial charge is 0.150 e. The van der Waals surface area contributed by atoms with Gasteiger partial charge in [-0.05, 0) is 23.1 Å². The van der Waals surface area contributed by atoms with E-state index in [0.29, 0.717) is 0 Å². The highest BCUT2D eigenvalue weighted by atomic mass is 15.5. The lowest BCUT2D eigenvalue weighted by Gasteiger charge is -2.07. The van der Waals surface area contributed by atoms with Gasteiger partial charge in [-0.2, -0.15) is 0 Å². The predicted octanol–water partition coefficient (Wildman–Crippen LogP) is 5.63. The van der Waals surface area contributed by atoms with Crippen molar-refractivity contribution >= 4 is 33.6 Å². The summed E-state index contributed by atoms with van der Waals surface area (Å²) < 4.78 is 0. The van der Waals surface area contributed by atoms with E-state index in [1.807, 2.05) is 54.6 Å². The van der Waals surface area contributed by atoms with Crippen LogP contribution >= 0.6 is 0 Å². The highest BCUT2D eigenvalue weighted by molar-refractivity contribution is 6.03. The minimum Gasteiger partial charge on any atom is -0.150 e. The van der Waals surface area contributed by atoms with E-state index in [2.05, 4.69) is 48.5 Å². The van der Waals surface area contributed by atoms with Crippen molar-refractivity contribution in [2.24, 2.45) is 0 Å². The summed E-state index contributed by atoms with van der Waals surface area (Å²) in [5.74, 6) is 0. The average Bonchev–Trinajstić information content (AvgIpc) is 3.18. The maximum absolute atomic E-state index is 4.85. The molecule has 0 unspecified atom stereocenters. The Hall–Kier alpha value is -3.72. The number of hydrogen-bond acceptors (Lipinski definition) is 2. The molecule has 0 N–H and O–H groups in total. The second kappa shape index (κ2) is 6.54. The van der Waals surface area contributed by atoms with Gasteiger partial charge in [-0.3, -0.25) is 0 Å². The fourth-order valence-corrected chi connectivity index (χ4v) is 3.33. The zero-order valence-corrected chi connectivity index (χ0v) is 14.7. The van der Waals surface area contributed by atoms with E-state index >= 15 is 0 Å². The number of aromatic nitrogens is 3.